The van der Waals surface area contributed by atoms with E-state index < -0.39 is 12.0 Å². The molecule has 2 fully saturated rings. The van der Waals surface area contributed by atoms with Crippen molar-refractivity contribution in [2.75, 3.05) is 13.7 Å². The first kappa shape index (κ1) is 15.4. The molecule has 1 saturated heterocycles. The summed E-state index contributed by atoms with van der Waals surface area (Å²) < 4.78 is 5.05. The number of hydrogen-bond donors (Lipinski definition) is 1. The van der Waals surface area contributed by atoms with Gasteiger partial charge in [0.25, 0.3) is 5.91 Å². The topological polar surface area (TPSA) is 79.7 Å². The van der Waals surface area contributed by atoms with Gasteiger partial charge in [0, 0.05) is 13.7 Å². The summed E-state index contributed by atoms with van der Waals surface area (Å²) >= 11 is 1.30. The predicted octanol–water partition coefficient (Wildman–Crippen LogP) is 1.92. The lowest BCUT2D eigenvalue weighted by molar-refractivity contribution is -0.142. The van der Waals surface area contributed by atoms with Crippen molar-refractivity contribution in [3.8, 4) is 0 Å². The molecule has 6 nitrogen and oxygen atoms in total. The van der Waals surface area contributed by atoms with Crippen LogP contribution in [0.15, 0.2) is 0 Å². The van der Waals surface area contributed by atoms with E-state index in [1.54, 1.807) is 18.9 Å². The highest BCUT2D eigenvalue weighted by molar-refractivity contribution is 7.13. The molecule has 1 amide bonds. The van der Waals surface area contributed by atoms with Gasteiger partial charge in [0.1, 0.15) is 15.9 Å². The second-order valence-corrected chi connectivity index (χ2v) is 7.13. The minimum absolute atomic E-state index is 0.105. The van der Waals surface area contributed by atoms with Gasteiger partial charge < -0.3 is 14.7 Å². The lowest BCUT2D eigenvalue weighted by atomic mass is 9.94. The normalized spacial score (nSPS) is 27.2. The molecule has 120 valence electrons. The second kappa shape index (κ2) is 5.96. The summed E-state index contributed by atoms with van der Waals surface area (Å²) in [5.74, 6) is -0.647. The van der Waals surface area contributed by atoms with Crippen molar-refractivity contribution in [3.05, 3.63) is 15.6 Å². The third-order valence-corrected chi connectivity index (χ3v) is 5.83. The summed E-state index contributed by atoms with van der Waals surface area (Å²) in [7, 11) is 1.58. The third kappa shape index (κ3) is 2.52. The molecule has 22 heavy (non-hydrogen) atoms. The number of nitrogens with zero attached hydrogens (tertiary/aromatic N) is 2. The number of carboxylic acid groups (broad SMARTS) is 1. The number of aliphatic carboxylic acids is 1. The standard InChI is InChI=1S/C15H20N2O4S/c1-8-13(22-11(16-8)7-21-2)14(18)17-6-9-4-3-5-10(9)12(17)15(19)20/h9-10,12H,3-7H2,1-2H3,(H,19,20)/t9-,10+,12+/m0/s1. The number of thiazole rings is 1. The molecule has 0 spiro atoms. The molecule has 1 aromatic heterocycles. The largest absolute Gasteiger partial charge is 0.480 e. The first-order valence-corrected chi connectivity index (χ1v) is 8.33. The number of ether oxygens (including phenoxy) is 1. The molecule has 0 aromatic carbocycles. The highest BCUT2D eigenvalue weighted by Gasteiger charge is 2.50. The van der Waals surface area contributed by atoms with E-state index in [1.807, 2.05) is 0 Å². The van der Waals surface area contributed by atoms with Gasteiger partial charge in [-0.3, -0.25) is 4.79 Å². The van der Waals surface area contributed by atoms with E-state index in [4.69, 9.17) is 4.74 Å². The van der Waals surface area contributed by atoms with E-state index in [2.05, 4.69) is 4.98 Å². The Balaban J connectivity index is 1.86. The van der Waals surface area contributed by atoms with Gasteiger partial charge in [0.15, 0.2) is 0 Å². The maximum Gasteiger partial charge on any atom is 0.326 e. The van der Waals surface area contributed by atoms with Crippen LogP contribution >= 0.6 is 11.3 Å². The Morgan fingerprint density at radius 1 is 1.45 bits per heavy atom. The maximum absolute atomic E-state index is 12.8. The molecule has 0 bridgehead atoms. The Labute approximate surface area is 133 Å². The highest BCUT2D eigenvalue weighted by atomic mass is 32.1. The third-order valence-electron chi connectivity index (χ3n) is 4.71. The molecule has 2 heterocycles. The number of aryl methyl sites for hydroxylation is 1. The lowest BCUT2D eigenvalue weighted by Crippen LogP contribution is -2.43. The van der Waals surface area contributed by atoms with Crippen LogP contribution in [-0.4, -0.2) is 46.6 Å². The molecule has 7 heteroatoms. The van der Waals surface area contributed by atoms with Gasteiger partial charge in [-0.2, -0.15) is 0 Å². The molecule has 3 rings (SSSR count). The zero-order chi connectivity index (χ0) is 15.9. The zero-order valence-corrected chi connectivity index (χ0v) is 13.6. The molecular formula is C15H20N2O4S. The number of aromatic nitrogens is 1. The van der Waals surface area contributed by atoms with E-state index in [0.717, 1.165) is 24.3 Å². The van der Waals surface area contributed by atoms with E-state index in [1.165, 1.54) is 11.3 Å². The first-order valence-electron chi connectivity index (χ1n) is 7.52. The average molecular weight is 324 g/mol. The molecule has 1 N–H and O–H groups in total. The zero-order valence-electron chi connectivity index (χ0n) is 12.7. The fourth-order valence-electron chi connectivity index (χ4n) is 3.80. The minimum Gasteiger partial charge on any atom is -0.480 e. The Bertz CT molecular complexity index is 600. The van der Waals surface area contributed by atoms with E-state index in [-0.39, 0.29) is 11.8 Å². The molecule has 1 saturated carbocycles. The van der Waals surface area contributed by atoms with Crippen molar-refractivity contribution < 1.29 is 19.4 Å². The summed E-state index contributed by atoms with van der Waals surface area (Å²) in [6, 6.07) is -0.688. The van der Waals surface area contributed by atoms with Crippen molar-refractivity contribution in [1.82, 2.24) is 9.88 Å². The van der Waals surface area contributed by atoms with Gasteiger partial charge in [-0.15, -0.1) is 11.3 Å². The molecule has 0 unspecified atom stereocenters. The Hall–Kier alpha value is -1.47. The fourth-order valence-corrected chi connectivity index (χ4v) is 4.79. The molecule has 1 aromatic rings. The van der Waals surface area contributed by atoms with Crippen molar-refractivity contribution in [2.24, 2.45) is 11.8 Å². The van der Waals surface area contributed by atoms with Crippen molar-refractivity contribution in [3.63, 3.8) is 0 Å². The van der Waals surface area contributed by atoms with Crippen LogP contribution in [0.1, 0.15) is 39.6 Å². The second-order valence-electron chi connectivity index (χ2n) is 6.05. The quantitative estimate of drug-likeness (QED) is 0.915. The monoisotopic (exact) mass is 324 g/mol. The number of rotatable bonds is 4. The molecule has 1 aliphatic heterocycles. The number of amides is 1. The predicted molar refractivity (Wildman–Crippen MR) is 80.9 cm³/mol. The van der Waals surface area contributed by atoms with Crippen LogP contribution in [0.4, 0.5) is 0 Å². The Kier molecular flexibility index (Phi) is 4.18. The van der Waals surface area contributed by atoms with E-state index in [9.17, 15) is 14.7 Å². The Morgan fingerprint density at radius 2 is 2.23 bits per heavy atom. The highest BCUT2D eigenvalue weighted by Crippen LogP contribution is 2.43. The molecule has 0 radical (unpaired) electrons. The fraction of sp³-hybridized carbons (Fsp3) is 0.667. The minimum atomic E-state index is -0.887. The number of fused-ring (bicyclic) bond motifs is 1. The van der Waals surface area contributed by atoms with Crippen LogP contribution in [-0.2, 0) is 16.1 Å². The SMILES string of the molecule is COCc1nc(C)c(C(=O)N2C[C@@H]3CCC[C@H]3[C@@H]2C(=O)O)s1. The summed E-state index contributed by atoms with van der Waals surface area (Å²) in [5.41, 5.74) is 0.656. The van der Waals surface area contributed by atoms with Crippen molar-refractivity contribution in [2.45, 2.75) is 38.8 Å². The van der Waals surface area contributed by atoms with Gasteiger partial charge >= 0.3 is 5.97 Å². The maximum atomic E-state index is 12.8. The number of carbonyl (C=O) groups is 2. The van der Waals surface area contributed by atoms with E-state index >= 15 is 0 Å². The van der Waals surface area contributed by atoms with E-state index in [0.29, 0.717) is 29.6 Å². The first-order chi connectivity index (χ1) is 10.5. The van der Waals surface area contributed by atoms with Crippen LogP contribution in [0.25, 0.3) is 0 Å². The number of hydrogen-bond acceptors (Lipinski definition) is 5. The molecule has 3 atom stereocenters. The van der Waals surface area contributed by atoms with Gasteiger partial charge in [-0.05, 0) is 31.6 Å². The summed E-state index contributed by atoms with van der Waals surface area (Å²) in [4.78, 5) is 30.9. The number of likely N-dealkylation sites (tertiary alicyclic amines) is 1. The number of methoxy groups -OCH3 is 1. The summed E-state index contributed by atoms with van der Waals surface area (Å²) in [5, 5.41) is 10.3. The molecular weight excluding hydrogens is 304 g/mol. The van der Waals surface area contributed by atoms with Crippen LogP contribution in [0.3, 0.4) is 0 Å². The lowest BCUT2D eigenvalue weighted by Gasteiger charge is -2.24. The number of carboxylic acids is 1. The Morgan fingerprint density at radius 3 is 2.91 bits per heavy atom. The van der Waals surface area contributed by atoms with Crippen LogP contribution in [0.2, 0.25) is 0 Å². The van der Waals surface area contributed by atoms with Gasteiger partial charge in [-0.1, -0.05) is 6.42 Å². The van der Waals surface area contributed by atoms with Crippen molar-refractivity contribution >= 4 is 23.2 Å². The summed E-state index contributed by atoms with van der Waals surface area (Å²) in [6.45, 7) is 2.71. The van der Waals surface area contributed by atoms with Crippen LogP contribution in [0.5, 0.6) is 0 Å². The van der Waals surface area contributed by atoms with Gasteiger partial charge in [0.05, 0.1) is 12.3 Å². The van der Waals surface area contributed by atoms with Crippen LogP contribution in [0, 0.1) is 18.8 Å². The summed E-state index contributed by atoms with van der Waals surface area (Å²) in [6.07, 6.45) is 3.00. The van der Waals surface area contributed by atoms with Crippen molar-refractivity contribution in [1.29, 1.82) is 0 Å². The van der Waals surface area contributed by atoms with Gasteiger partial charge in [-0.25, -0.2) is 9.78 Å². The molecule has 2 aliphatic rings. The smallest absolute Gasteiger partial charge is 0.326 e. The average Bonchev–Trinajstić information content (AvgIpc) is 3.11. The van der Waals surface area contributed by atoms with Crippen LogP contribution < -0.4 is 0 Å². The molecule has 1 aliphatic carbocycles. The van der Waals surface area contributed by atoms with Gasteiger partial charge in [0.2, 0.25) is 0 Å². The number of carbonyl (C=O) groups excluding carboxylic acids is 1.